The normalized spacial score (nSPS) is 12.9. The highest BCUT2D eigenvalue weighted by atomic mass is 35.5. The molecule has 0 saturated heterocycles. The van der Waals surface area contributed by atoms with Crippen molar-refractivity contribution in [2.75, 3.05) is 6.61 Å². The van der Waals surface area contributed by atoms with Crippen LogP contribution in [-0.4, -0.2) is 22.7 Å². The van der Waals surface area contributed by atoms with E-state index in [0.717, 1.165) is 33.2 Å². The molecule has 0 aliphatic heterocycles. The maximum absolute atomic E-state index is 13.2. The van der Waals surface area contributed by atoms with E-state index < -0.39 is 17.1 Å². The number of pyridine rings is 1. The van der Waals surface area contributed by atoms with Gasteiger partial charge in [-0.2, -0.15) is 0 Å². The van der Waals surface area contributed by atoms with Gasteiger partial charge in [-0.3, -0.25) is 14.2 Å². The number of carbonyl (C=O) groups excluding carboxylic acids is 1. The molecule has 3 aromatic carbocycles. The molecule has 0 aliphatic rings. The van der Waals surface area contributed by atoms with Crippen LogP contribution < -0.4 is 5.56 Å². The van der Waals surface area contributed by atoms with E-state index in [1.807, 2.05) is 97.0 Å². The van der Waals surface area contributed by atoms with Gasteiger partial charge < -0.3 is 9.47 Å². The van der Waals surface area contributed by atoms with Crippen LogP contribution in [0.25, 0.3) is 27.7 Å². The Bertz CT molecular complexity index is 1590. The maximum Gasteiger partial charge on any atom is 0.311 e. The maximum atomic E-state index is 13.2. The Morgan fingerprint density at radius 1 is 0.875 bits per heavy atom. The molecule has 0 N–H and O–H groups in total. The van der Waals surface area contributed by atoms with Crippen LogP contribution in [0.2, 0.25) is 10.0 Å². The average molecular weight is 581 g/mol. The van der Waals surface area contributed by atoms with E-state index in [2.05, 4.69) is 0 Å². The quantitative estimate of drug-likeness (QED) is 0.214. The van der Waals surface area contributed by atoms with E-state index in [0.29, 0.717) is 15.7 Å². The fourth-order valence-corrected chi connectivity index (χ4v) is 4.95. The Hall–Kier alpha value is -3.12. The number of nitrogens with zero attached hydrogens (tertiary/aromatic N) is 1. The number of carbonyl (C=O) groups is 1. The summed E-state index contributed by atoms with van der Waals surface area (Å²) in [6, 6.07) is 20.1. The average Bonchev–Trinajstić information content (AvgIpc) is 2.86. The highest BCUT2D eigenvalue weighted by Gasteiger charge is 2.30. The van der Waals surface area contributed by atoms with Gasteiger partial charge in [-0.05, 0) is 119 Å². The zero-order chi connectivity index (χ0) is 29.4. The lowest BCUT2D eigenvalue weighted by Gasteiger charge is -2.31. The van der Waals surface area contributed by atoms with Gasteiger partial charge in [-0.1, -0.05) is 35.3 Å². The van der Waals surface area contributed by atoms with Crippen molar-refractivity contribution in [3.05, 3.63) is 98.3 Å². The highest BCUT2D eigenvalue weighted by Crippen LogP contribution is 2.41. The smallest absolute Gasteiger partial charge is 0.311 e. The third kappa shape index (κ3) is 6.60. The number of aromatic nitrogens is 1. The molecule has 1 atom stereocenters. The standard InChI is InChI=1S/C33H35Cl2NO4/c1-20-18-26-25(16-17-28(37)36(26)24-14-12-23(35)13-15-24)30(21-8-10-22(34)11-9-21)29(20)27(40-33(5,6)7)19-39-31(38)32(2,3)4/h8-18,27H,19H2,1-7H3/t27-/m1/s1. The van der Waals surface area contributed by atoms with E-state index in [1.165, 1.54) is 0 Å². The topological polar surface area (TPSA) is 57.5 Å². The van der Waals surface area contributed by atoms with Crippen LogP contribution in [0.3, 0.4) is 0 Å². The molecule has 4 aromatic rings. The minimum atomic E-state index is -0.654. The van der Waals surface area contributed by atoms with E-state index in [-0.39, 0.29) is 18.1 Å². The van der Waals surface area contributed by atoms with Gasteiger partial charge >= 0.3 is 5.97 Å². The molecule has 0 unspecified atom stereocenters. The van der Waals surface area contributed by atoms with Crippen LogP contribution in [0, 0.1) is 12.3 Å². The SMILES string of the molecule is Cc1cc2c(ccc(=O)n2-c2ccc(Cl)cc2)c(-c2ccc(Cl)cc2)c1[C@@H](COC(=O)C(C)(C)C)OC(C)(C)C. The summed E-state index contributed by atoms with van der Waals surface area (Å²) in [7, 11) is 0. The minimum Gasteiger partial charge on any atom is -0.462 e. The lowest BCUT2D eigenvalue weighted by Crippen LogP contribution is -2.30. The third-order valence-corrected chi connectivity index (χ3v) is 6.96. The third-order valence-electron chi connectivity index (χ3n) is 6.46. The van der Waals surface area contributed by atoms with E-state index in [9.17, 15) is 9.59 Å². The van der Waals surface area contributed by atoms with Crippen LogP contribution in [-0.2, 0) is 14.3 Å². The van der Waals surface area contributed by atoms with Gasteiger partial charge in [0, 0.05) is 27.2 Å². The van der Waals surface area contributed by atoms with Crippen molar-refractivity contribution >= 4 is 40.1 Å². The summed E-state index contributed by atoms with van der Waals surface area (Å²) in [4.78, 5) is 26.0. The van der Waals surface area contributed by atoms with Crippen molar-refractivity contribution < 1.29 is 14.3 Å². The fourth-order valence-electron chi connectivity index (χ4n) is 4.70. The highest BCUT2D eigenvalue weighted by molar-refractivity contribution is 6.31. The molecule has 0 saturated carbocycles. The number of benzene rings is 3. The predicted molar refractivity (Wildman–Crippen MR) is 164 cm³/mol. The molecule has 0 amide bonds. The van der Waals surface area contributed by atoms with E-state index >= 15 is 0 Å². The van der Waals surface area contributed by atoms with Gasteiger partial charge in [0.1, 0.15) is 12.7 Å². The zero-order valence-corrected chi connectivity index (χ0v) is 25.5. The Labute approximate surface area is 245 Å². The summed E-state index contributed by atoms with van der Waals surface area (Å²) in [5.41, 5.74) is 3.66. The molecule has 0 aliphatic carbocycles. The Morgan fingerprint density at radius 3 is 2.00 bits per heavy atom. The van der Waals surface area contributed by atoms with Gasteiger partial charge in [0.25, 0.3) is 5.56 Å². The molecular weight excluding hydrogens is 545 g/mol. The molecule has 1 heterocycles. The minimum absolute atomic E-state index is 0.0388. The van der Waals surface area contributed by atoms with Crippen LogP contribution in [0.5, 0.6) is 0 Å². The molecule has 7 heteroatoms. The van der Waals surface area contributed by atoms with Gasteiger partial charge in [0.2, 0.25) is 0 Å². The number of aryl methyl sites for hydroxylation is 1. The number of rotatable bonds is 6. The first kappa shape index (κ1) is 29.9. The summed E-state index contributed by atoms with van der Waals surface area (Å²) in [6.07, 6.45) is -0.572. The number of fused-ring (bicyclic) bond motifs is 1. The lowest BCUT2D eigenvalue weighted by molar-refractivity contribution is -0.162. The first-order valence-electron chi connectivity index (χ1n) is 13.2. The Kier molecular flexibility index (Phi) is 8.51. The number of halogens is 2. The summed E-state index contributed by atoms with van der Waals surface area (Å²) >= 11 is 12.4. The zero-order valence-electron chi connectivity index (χ0n) is 24.0. The van der Waals surface area contributed by atoms with E-state index in [4.69, 9.17) is 32.7 Å². The molecule has 40 heavy (non-hydrogen) atoms. The van der Waals surface area contributed by atoms with Crippen molar-refractivity contribution in [3.63, 3.8) is 0 Å². The van der Waals surface area contributed by atoms with Gasteiger partial charge in [-0.25, -0.2) is 0 Å². The van der Waals surface area contributed by atoms with Gasteiger partial charge in [0.15, 0.2) is 0 Å². The predicted octanol–water partition coefficient (Wildman–Crippen LogP) is 8.72. The summed E-state index contributed by atoms with van der Waals surface area (Å²) in [5.74, 6) is -0.307. The molecule has 4 rings (SSSR count). The first-order valence-corrected chi connectivity index (χ1v) is 14.0. The molecule has 0 spiro atoms. The lowest BCUT2D eigenvalue weighted by atomic mass is 9.88. The van der Waals surface area contributed by atoms with Crippen LogP contribution in [0.15, 0.2) is 71.5 Å². The second-order valence-corrected chi connectivity index (χ2v) is 12.8. The second-order valence-electron chi connectivity index (χ2n) is 12.0. The van der Waals surface area contributed by atoms with Crippen LogP contribution in [0.4, 0.5) is 0 Å². The summed E-state index contributed by atoms with van der Waals surface area (Å²) in [5, 5.41) is 2.05. The molecule has 210 valence electrons. The van der Waals surface area contributed by atoms with Crippen LogP contribution >= 0.6 is 23.2 Å². The molecule has 5 nitrogen and oxygen atoms in total. The number of esters is 1. The van der Waals surface area contributed by atoms with Gasteiger partial charge in [0.05, 0.1) is 16.5 Å². The summed E-state index contributed by atoms with van der Waals surface area (Å²) < 4.78 is 14.1. The fraction of sp³-hybridized carbons (Fsp3) is 0.333. The monoisotopic (exact) mass is 579 g/mol. The Morgan fingerprint density at radius 2 is 1.45 bits per heavy atom. The largest absolute Gasteiger partial charge is 0.462 e. The van der Waals surface area contributed by atoms with Crippen molar-refractivity contribution in [3.8, 4) is 16.8 Å². The van der Waals surface area contributed by atoms with Crippen molar-refractivity contribution in [1.82, 2.24) is 4.57 Å². The molecule has 0 bridgehead atoms. The number of hydrogen-bond donors (Lipinski definition) is 0. The van der Waals surface area contributed by atoms with Crippen molar-refractivity contribution in [1.29, 1.82) is 0 Å². The van der Waals surface area contributed by atoms with Crippen molar-refractivity contribution in [2.24, 2.45) is 5.41 Å². The summed E-state index contributed by atoms with van der Waals surface area (Å²) in [6.45, 7) is 13.4. The first-order chi connectivity index (χ1) is 18.7. The number of hydrogen-bond acceptors (Lipinski definition) is 4. The molecular formula is C33H35Cl2NO4. The molecule has 1 aromatic heterocycles. The van der Waals surface area contributed by atoms with E-state index in [1.54, 1.807) is 22.8 Å². The second kappa shape index (κ2) is 11.4. The van der Waals surface area contributed by atoms with Crippen LogP contribution in [0.1, 0.15) is 58.8 Å². The molecule has 0 fully saturated rings. The Balaban J connectivity index is 2.04. The number of ether oxygens (including phenoxy) is 2. The molecule has 0 radical (unpaired) electrons. The van der Waals surface area contributed by atoms with Gasteiger partial charge in [-0.15, -0.1) is 0 Å². The van der Waals surface area contributed by atoms with Crippen molar-refractivity contribution in [2.45, 2.75) is 60.2 Å².